The molecular weight excluding hydrogens is 452 g/mol. The van der Waals surface area contributed by atoms with Gasteiger partial charge in [-0.2, -0.15) is 0 Å². The van der Waals surface area contributed by atoms with Crippen molar-refractivity contribution >= 4 is 34.5 Å². The molecule has 0 bridgehead atoms. The summed E-state index contributed by atoms with van der Waals surface area (Å²) in [5, 5.41) is 3.78. The van der Waals surface area contributed by atoms with E-state index in [2.05, 4.69) is 27.3 Å². The number of benzene rings is 3. The molecule has 1 saturated heterocycles. The first-order chi connectivity index (χ1) is 17.6. The standard InChI is InChI=1S/C29H28N4O3/c1-36-24-12-13-26-25(19-24)22(20-30-26)18-27(31-28(34)21-8-4-2-5-9-21)29(35)33-16-14-32(15-17-33)23-10-6-3-7-11-23/h2-13,18-20,30H,14-17H2,1H3,(H,31,34)/b27-18-. The van der Waals surface area contributed by atoms with Crippen LogP contribution in [-0.2, 0) is 4.79 Å². The largest absolute Gasteiger partial charge is 0.497 e. The van der Waals surface area contributed by atoms with Gasteiger partial charge in [0.2, 0.25) is 0 Å². The van der Waals surface area contributed by atoms with Crippen molar-refractivity contribution in [2.45, 2.75) is 0 Å². The van der Waals surface area contributed by atoms with Crippen molar-refractivity contribution in [3.05, 3.63) is 102 Å². The maximum atomic E-state index is 13.7. The molecule has 1 aliphatic rings. The van der Waals surface area contributed by atoms with Gasteiger partial charge in [-0.3, -0.25) is 9.59 Å². The maximum absolute atomic E-state index is 13.7. The summed E-state index contributed by atoms with van der Waals surface area (Å²) >= 11 is 0. The van der Waals surface area contributed by atoms with Crippen LogP contribution in [0.2, 0.25) is 0 Å². The number of hydrogen-bond donors (Lipinski definition) is 2. The minimum absolute atomic E-state index is 0.204. The number of rotatable bonds is 6. The Bertz CT molecular complexity index is 1390. The molecule has 0 spiro atoms. The number of amides is 2. The monoisotopic (exact) mass is 480 g/mol. The van der Waals surface area contributed by atoms with E-state index in [1.807, 2.05) is 48.7 Å². The summed E-state index contributed by atoms with van der Waals surface area (Å²) in [5.41, 5.74) is 3.58. The molecule has 2 N–H and O–H groups in total. The van der Waals surface area contributed by atoms with E-state index in [1.165, 1.54) is 0 Å². The molecule has 0 saturated carbocycles. The molecule has 1 fully saturated rings. The van der Waals surface area contributed by atoms with Gasteiger partial charge in [0.1, 0.15) is 11.4 Å². The van der Waals surface area contributed by atoms with Crippen molar-refractivity contribution in [2.75, 3.05) is 38.2 Å². The summed E-state index contributed by atoms with van der Waals surface area (Å²) < 4.78 is 5.38. The number of para-hydroxylation sites is 1. The van der Waals surface area contributed by atoms with Crippen LogP contribution in [0.15, 0.2) is 90.8 Å². The first-order valence-electron chi connectivity index (χ1n) is 11.9. The van der Waals surface area contributed by atoms with Gasteiger partial charge in [0.05, 0.1) is 7.11 Å². The fourth-order valence-electron chi connectivity index (χ4n) is 4.44. The third-order valence-electron chi connectivity index (χ3n) is 6.42. The fourth-order valence-corrected chi connectivity index (χ4v) is 4.44. The third kappa shape index (κ3) is 4.95. The number of aromatic amines is 1. The fraction of sp³-hybridized carbons (Fsp3) is 0.172. The van der Waals surface area contributed by atoms with Crippen molar-refractivity contribution in [3.63, 3.8) is 0 Å². The van der Waals surface area contributed by atoms with E-state index in [0.29, 0.717) is 18.7 Å². The van der Waals surface area contributed by atoms with E-state index in [1.54, 1.807) is 42.4 Å². The lowest BCUT2D eigenvalue weighted by atomic mass is 10.1. The second-order valence-electron chi connectivity index (χ2n) is 8.65. The lowest BCUT2D eigenvalue weighted by molar-refractivity contribution is -0.127. The van der Waals surface area contributed by atoms with Gasteiger partial charge < -0.3 is 24.8 Å². The molecule has 36 heavy (non-hydrogen) atoms. The molecule has 0 atom stereocenters. The molecule has 5 rings (SSSR count). The number of carbonyl (C=O) groups is 2. The Labute approximate surface area is 210 Å². The van der Waals surface area contributed by atoms with Gasteiger partial charge in [0.15, 0.2) is 0 Å². The Kier molecular flexibility index (Phi) is 6.71. The van der Waals surface area contributed by atoms with Gasteiger partial charge in [-0.15, -0.1) is 0 Å². The molecule has 3 aromatic carbocycles. The highest BCUT2D eigenvalue weighted by Gasteiger charge is 2.25. The number of nitrogens with zero attached hydrogens (tertiary/aromatic N) is 2. The van der Waals surface area contributed by atoms with E-state index >= 15 is 0 Å². The van der Waals surface area contributed by atoms with Gasteiger partial charge in [-0.05, 0) is 48.5 Å². The Morgan fingerprint density at radius 1 is 0.917 bits per heavy atom. The average molecular weight is 481 g/mol. The predicted molar refractivity (Wildman–Crippen MR) is 142 cm³/mol. The molecule has 0 aliphatic carbocycles. The molecule has 4 aromatic rings. The van der Waals surface area contributed by atoms with E-state index in [0.717, 1.165) is 41.0 Å². The second-order valence-corrected chi connectivity index (χ2v) is 8.65. The van der Waals surface area contributed by atoms with E-state index < -0.39 is 0 Å². The van der Waals surface area contributed by atoms with Gasteiger partial charge >= 0.3 is 0 Å². The SMILES string of the molecule is COc1ccc2[nH]cc(/C=C(\NC(=O)c3ccccc3)C(=O)N3CCN(c4ccccc4)CC3)c2c1. The Morgan fingerprint density at radius 3 is 2.31 bits per heavy atom. The van der Waals surface area contributed by atoms with Crippen molar-refractivity contribution in [1.82, 2.24) is 15.2 Å². The van der Waals surface area contributed by atoms with Crippen LogP contribution in [0.5, 0.6) is 5.75 Å². The van der Waals surface area contributed by atoms with E-state index in [-0.39, 0.29) is 17.5 Å². The number of aromatic nitrogens is 1. The highest BCUT2D eigenvalue weighted by atomic mass is 16.5. The molecule has 7 heteroatoms. The lowest BCUT2D eigenvalue weighted by Gasteiger charge is -2.36. The van der Waals surface area contributed by atoms with Gasteiger partial charge in [0, 0.05) is 60.1 Å². The number of anilines is 1. The van der Waals surface area contributed by atoms with Crippen LogP contribution in [0, 0.1) is 0 Å². The molecule has 1 aromatic heterocycles. The first kappa shape index (κ1) is 23.2. The zero-order chi connectivity index (χ0) is 24.9. The quantitative estimate of drug-likeness (QED) is 0.404. The van der Waals surface area contributed by atoms with E-state index in [4.69, 9.17) is 4.74 Å². The zero-order valence-electron chi connectivity index (χ0n) is 20.1. The summed E-state index contributed by atoms with van der Waals surface area (Å²) in [4.78, 5) is 34.0. The Hall–Kier alpha value is -4.52. The number of methoxy groups -OCH3 is 1. The Balaban J connectivity index is 1.42. The molecule has 0 radical (unpaired) electrons. The van der Waals surface area contributed by atoms with Gasteiger partial charge in [-0.1, -0.05) is 36.4 Å². The molecule has 2 amide bonds. The summed E-state index contributed by atoms with van der Waals surface area (Å²) in [6.45, 7) is 2.57. The number of hydrogen-bond acceptors (Lipinski definition) is 4. The highest BCUT2D eigenvalue weighted by molar-refractivity contribution is 6.06. The molecule has 182 valence electrons. The molecule has 7 nitrogen and oxygen atoms in total. The molecule has 1 aliphatic heterocycles. The normalized spacial score (nSPS) is 14.1. The van der Waals surface area contributed by atoms with Crippen LogP contribution in [0.25, 0.3) is 17.0 Å². The molecule has 0 unspecified atom stereocenters. The zero-order valence-corrected chi connectivity index (χ0v) is 20.1. The third-order valence-corrected chi connectivity index (χ3v) is 6.42. The number of ether oxygens (including phenoxy) is 1. The number of H-pyrrole nitrogens is 1. The van der Waals surface area contributed by atoms with Crippen LogP contribution in [0.1, 0.15) is 15.9 Å². The topological polar surface area (TPSA) is 77.7 Å². The van der Waals surface area contributed by atoms with Crippen LogP contribution >= 0.6 is 0 Å². The van der Waals surface area contributed by atoms with E-state index in [9.17, 15) is 9.59 Å². The van der Waals surface area contributed by atoms with Crippen LogP contribution in [-0.4, -0.2) is 55.0 Å². The van der Waals surface area contributed by atoms with Gasteiger partial charge in [-0.25, -0.2) is 0 Å². The summed E-state index contributed by atoms with van der Waals surface area (Å²) in [7, 11) is 1.62. The minimum atomic E-state index is -0.324. The van der Waals surface area contributed by atoms with Crippen molar-refractivity contribution < 1.29 is 14.3 Å². The number of fused-ring (bicyclic) bond motifs is 1. The Morgan fingerprint density at radius 2 is 1.61 bits per heavy atom. The van der Waals surface area contributed by atoms with Crippen molar-refractivity contribution in [2.24, 2.45) is 0 Å². The summed E-state index contributed by atoms with van der Waals surface area (Å²) in [6, 6.07) is 24.8. The number of carbonyl (C=O) groups excluding carboxylic acids is 2. The predicted octanol–water partition coefficient (Wildman–Crippen LogP) is 4.30. The minimum Gasteiger partial charge on any atom is -0.497 e. The maximum Gasteiger partial charge on any atom is 0.270 e. The van der Waals surface area contributed by atoms with Crippen LogP contribution in [0.4, 0.5) is 5.69 Å². The van der Waals surface area contributed by atoms with Crippen molar-refractivity contribution in [1.29, 1.82) is 0 Å². The highest BCUT2D eigenvalue weighted by Crippen LogP contribution is 2.26. The van der Waals surface area contributed by atoms with Gasteiger partial charge in [0.25, 0.3) is 11.8 Å². The van der Waals surface area contributed by atoms with Crippen molar-refractivity contribution in [3.8, 4) is 5.75 Å². The number of piperazine rings is 1. The smallest absolute Gasteiger partial charge is 0.270 e. The molecular formula is C29H28N4O3. The van der Waals surface area contributed by atoms with Crippen LogP contribution in [0.3, 0.4) is 0 Å². The second kappa shape index (κ2) is 10.4. The average Bonchev–Trinajstić information content (AvgIpc) is 3.35. The lowest BCUT2D eigenvalue weighted by Crippen LogP contribution is -2.50. The van der Waals surface area contributed by atoms with Crippen LogP contribution < -0.4 is 15.0 Å². The summed E-state index contributed by atoms with van der Waals surface area (Å²) in [6.07, 6.45) is 3.57. The summed E-state index contributed by atoms with van der Waals surface area (Å²) in [5.74, 6) is 0.190. The first-order valence-corrected chi connectivity index (χ1v) is 11.9. The molecule has 2 heterocycles. The number of nitrogens with one attached hydrogen (secondary N) is 2.